The van der Waals surface area contributed by atoms with E-state index in [4.69, 9.17) is 4.42 Å². The van der Waals surface area contributed by atoms with Crippen molar-refractivity contribution in [1.29, 1.82) is 0 Å². The molecule has 7 nitrogen and oxygen atoms in total. The van der Waals surface area contributed by atoms with Gasteiger partial charge < -0.3 is 9.73 Å². The Morgan fingerprint density at radius 3 is 2.26 bits per heavy atom. The average Bonchev–Trinajstić information content (AvgIpc) is 3.22. The van der Waals surface area contributed by atoms with Crippen LogP contribution in [0.4, 0.5) is 5.69 Å². The third kappa shape index (κ3) is 4.82. The van der Waals surface area contributed by atoms with E-state index >= 15 is 0 Å². The molecule has 1 aromatic heterocycles. The van der Waals surface area contributed by atoms with Crippen molar-refractivity contribution in [3.63, 3.8) is 0 Å². The van der Waals surface area contributed by atoms with Gasteiger partial charge in [0.25, 0.3) is 11.8 Å². The van der Waals surface area contributed by atoms with E-state index in [-0.39, 0.29) is 23.7 Å². The minimum absolute atomic E-state index is 0.126. The molecule has 0 spiro atoms. The number of carbonyl (C=O) groups excluding carboxylic acids is 3. The third-order valence-electron chi connectivity index (χ3n) is 3.69. The molecular formula is C20H17N3O4. The molecule has 136 valence electrons. The Balaban J connectivity index is 1.61. The highest BCUT2D eigenvalue weighted by Crippen LogP contribution is 2.16. The minimum Gasteiger partial charge on any atom is -0.459 e. The van der Waals surface area contributed by atoms with Gasteiger partial charge in [0.05, 0.1) is 23.9 Å². The second kappa shape index (κ2) is 8.48. The van der Waals surface area contributed by atoms with Crippen LogP contribution in [0.3, 0.4) is 0 Å². The smallest absolute Gasteiger partial charge is 0.291 e. The van der Waals surface area contributed by atoms with E-state index in [0.29, 0.717) is 5.69 Å². The lowest BCUT2D eigenvalue weighted by molar-refractivity contribution is -0.121. The van der Waals surface area contributed by atoms with E-state index < -0.39 is 11.8 Å². The van der Waals surface area contributed by atoms with Crippen LogP contribution in [0.2, 0.25) is 0 Å². The van der Waals surface area contributed by atoms with Gasteiger partial charge in [-0.15, -0.1) is 0 Å². The fourth-order valence-corrected chi connectivity index (χ4v) is 2.40. The summed E-state index contributed by atoms with van der Waals surface area (Å²) in [4.78, 5) is 36.5. The number of hydrazine groups is 1. The highest BCUT2D eigenvalue weighted by molar-refractivity contribution is 6.08. The molecule has 0 aliphatic rings. The van der Waals surface area contributed by atoms with Gasteiger partial charge in [0.2, 0.25) is 5.91 Å². The fraction of sp³-hybridized carbons (Fsp3) is 0.0500. The molecule has 3 N–H and O–H groups in total. The molecule has 7 heteroatoms. The summed E-state index contributed by atoms with van der Waals surface area (Å²) >= 11 is 0. The molecule has 3 amide bonds. The molecular weight excluding hydrogens is 346 g/mol. The molecule has 0 unspecified atom stereocenters. The minimum atomic E-state index is -0.549. The zero-order valence-corrected chi connectivity index (χ0v) is 14.3. The van der Waals surface area contributed by atoms with E-state index in [0.717, 1.165) is 5.56 Å². The molecule has 27 heavy (non-hydrogen) atoms. The van der Waals surface area contributed by atoms with Crippen LogP contribution in [0, 0.1) is 0 Å². The van der Waals surface area contributed by atoms with Gasteiger partial charge in [-0.25, -0.2) is 0 Å². The van der Waals surface area contributed by atoms with Crippen molar-refractivity contribution in [3.05, 3.63) is 89.9 Å². The van der Waals surface area contributed by atoms with Crippen LogP contribution in [-0.2, 0) is 11.2 Å². The molecule has 0 fully saturated rings. The fourth-order valence-electron chi connectivity index (χ4n) is 2.40. The monoisotopic (exact) mass is 363 g/mol. The lowest BCUT2D eigenvalue weighted by Crippen LogP contribution is -2.42. The van der Waals surface area contributed by atoms with Crippen LogP contribution in [-0.4, -0.2) is 17.7 Å². The van der Waals surface area contributed by atoms with Gasteiger partial charge in [-0.3, -0.25) is 25.2 Å². The molecule has 2 aromatic carbocycles. The largest absolute Gasteiger partial charge is 0.459 e. The maximum atomic E-state index is 12.4. The standard InChI is InChI=1S/C20H17N3O4/c24-18(13-14-7-2-1-3-8-14)22-23-19(25)15-9-4-5-10-16(15)21-20(26)17-11-6-12-27-17/h1-12H,13H2,(H,21,26)(H,22,24)(H,23,25). The molecule has 3 rings (SSSR count). The number of amides is 3. The summed E-state index contributed by atoms with van der Waals surface area (Å²) in [5, 5.41) is 2.62. The van der Waals surface area contributed by atoms with E-state index in [1.807, 2.05) is 30.3 Å². The molecule has 0 atom stereocenters. The lowest BCUT2D eigenvalue weighted by Gasteiger charge is -2.11. The predicted octanol–water partition coefficient (Wildman–Crippen LogP) is 2.54. The van der Waals surface area contributed by atoms with Crippen molar-refractivity contribution in [2.24, 2.45) is 0 Å². The SMILES string of the molecule is O=C(Cc1ccccc1)NNC(=O)c1ccccc1NC(=O)c1ccco1. The Morgan fingerprint density at radius 2 is 1.52 bits per heavy atom. The molecule has 0 bridgehead atoms. The quantitative estimate of drug-likeness (QED) is 0.607. The van der Waals surface area contributed by atoms with Gasteiger partial charge >= 0.3 is 0 Å². The summed E-state index contributed by atoms with van der Waals surface area (Å²) < 4.78 is 5.03. The number of benzene rings is 2. The van der Waals surface area contributed by atoms with Crippen molar-refractivity contribution in [2.45, 2.75) is 6.42 Å². The molecule has 3 aromatic rings. The number of hydrogen-bond acceptors (Lipinski definition) is 4. The first-order valence-corrected chi connectivity index (χ1v) is 8.20. The van der Waals surface area contributed by atoms with Crippen LogP contribution < -0.4 is 16.2 Å². The van der Waals surface area contributed by atoms with E-state index in [9.17, 15) is 14.4 Å². The first-order valence-electron chi connectivity index (χ1n) is 8.20. The van der Waals surface area contributed by atoms with Crippen LogP contribution in [0.15, 0.2) is 77.4 Å². The Bertz CT molecular complexity index is 937. The summed E-state index contributed by atoms with van der Waals surface area (Å²) in [6.07, 6.45) is 1.52. The van der Waals surface area contributed by atoms with Crippen molar-refractivity contribution in [2.75, 3.05) is 5.32 Å². The molecule has 0 radical (unpaired) electrons. The Labute approximate surface area is 155 Å². The van der Waals surface area contributed by atoms with E-state index in [1.54, 1.807) is 24.3 Å². The van der Waals surface area contributed by atoms with Crippen LogP contribution in [0.1, 0.15) is 26.5 Å². The van der Waals surface area contributed by atoms with Crippen LogP contribution >= 0.6 is 0 Å². The Kier molecular flexibility index (Phi) is 5.64. The lowest BCUT2D eigenvalue weighted by atomic mass is 10.1. The highest BCUT2D eigenvalue weighted by atomic mass is 16.3. The zero-order chi connectivity index (χ0) is 19.1. The Morgan fingerprint density at radius 1 is 0.778 bits per heavy atom. The topological polar surface area (TPSA) is 100 Å². The summed E-state index contributed by atoms with van der Waals surface area (Å²) in [5.41, 5.74) is 6.06. The number of nitrogens with one attached hydrogen (secondary N) is 3. The van der Waals surface area contributed by atoms with Crippen LogP contribution in [0.25, 0.3) is 0 Å². The van der Waals surface area contributed by atoms with E-state index in [1.165, 1.54) is 18.4 Å². The summed E-state index contributed by atoms with van der Waals surface area (Å²) in [7, 11) is 0. The number of carbonyl (C=O) groups is 3. The maximum Gasteiger partial charge on any atom is 0.291 e. The van der Waals surface area contributed by atoms with Crippen molar-refractivity contribution < 1.29 is 18.8 Å². The van der Waals surface area contributed by atoms with Gasteiger partial charge in [0, 0.05) is 0 Å². The van der Waals surface area contributed by atoms with Crippen LogP contribution in [0.5, 0.6) is 0 Å². The number of anilines is 1. The maximum absolute atomic E-state index is 12.4. The molecule has 0 saturated heterocycles. The van der Waals surface area contributed by atoms with Gasteiger partial charge in [-0.05, 0) is 29.8 Å². The average molecular weight is 363 g/mol. The van der Waals surface area contributed by atoms with Gasteiger partial charge in [0.15, 0.2) is 5.76 Å². The Hall–Kier alpha value is -3.87. The highest BCUT2D eigenvalue weighted by Gasteiger charge is 2.16. The first-order chi connectivity index (χ1) is 13.1. The summed E-state index contributed by atoms with van der Waals surface area (Å²) in [6.45, 7) is 0. The third-order valence-corrected chi connectivity index (χ3v) is 3.69. The van der Waals surface area contributed by atoms with Crippen molar-refractivity contribution in [1.82, 2.24) is 10.9 Å². The first kappa shape index (κ1) is 17.9. The molecule has 0 aliphatic carbocycles. The second-order valence-corrected chi connectivity index (χ2v) is 5.64. The van der Waals surface area contributed by atoms with Gasteiger partial charge in [-0.2, -0.15) is 0 Å². The second-order valence-electron chi connectivity index (χ2n) is 5.64. The number of furan rings is 1. The van der Waals surface area contributed by atoms with Gasteiger partial charge in [0.1, 0.15) is 0 Å². The zero-order valence-electron chi connectivity index (χ0n) is 14.3. The number of hydrogen-bond donors (Lipinski definition) is 3. The van der Waals surface area contributed by atoms with Crippen molar-refractivity contribution >= 4 is 23.4 Å². The van der Waals surface area contributed by atoms with Gasteiger partial charge in [-0.1, -0.05) is 42.5 Å². The normalized spacial score (nSPS) is 10.1. The van der Waals surface area contributed by atoms with Crippen molar-refractivity contribution in [3.8, 4) is 0 Å². The molecule has 1 heterocycles. The molecule has 0 saturated carbocycles. The summed E-state index contributed by atoms with van der Waals surface area (Å²) in [6, 6.07) is 18.7. The number of para-hydroxylation sites is 1. The molecule has 0 aliphatic heterocycles. The number of rotatable bonds is 5. The van der Waals surface area contributed by atoms with E-state index in [2.05, 4.69) is 16.2 Å². The predicted molar refractivity (Wildman–Crippen MR) is 98.9 cm³/mol. The summed E-state index contributed by atoms with van der Waals surface area (Å²) in [5.74, 6) is -1.26.